The summed E-state index contributed by atoms with van der Waals surface area (Å²) in [4.78, 5) is 11.2. The first-order valence-electron chi connectivity index (χ1n) is 5.10. The van der Waals surface area contributed by atoms with E-state index in [2.05, 4.69) is 0 Å². The molecule has 20 heavy (non-hydrogen) atoms. The molecule has 0 aromatic rings. The first-order chi connectivity index (χ1) is 8.89. The van der Waals surface area contributed by atoms with E-state index < -0.39 is 24.5 Å². The lowest BCUT2D eigenvalue weighted by atomic mass is 10.3. The molecule has 0 aromatic heterocycles. The molecule has 120 valence electrons. The molecule has 0 spiro atoms. The van der Waals surface area contributed by atoms with Gasteiger partial charge < -0.3 is 9.47 Å². The third kappa shape index (κ3) is 14.5. The number of hydrogen-bond acceptors (Lipinski definition) is 3. The van der Waals surface area contributed by atoms with Crippen LogP contribution in [0.5, 0.6) is 0 Å². The lowest BCUT2D eigenvalue weighted by Gasteiger charge is -2.17. The fourth-order valence-corrected chi connectivity index (χ4v) is 3.16. The highest BCUT2D eigenvalue weighted by molar-refractivity contribution is 6.68. The number of hydrogen-bond donors (Lipinski definition) is 0. The molecule has 0 fully saturated rings. The normalized spacial score (nSPS) is 15.6. The first kappa shape index (κ1) is 21.6. The maximum absolute atomic E-state index is 11.2. The van der Waals surface area contributed by atoms with E-state index in [-0.39, 0.29) is 26.1 Å². The predicted molar refractivity (Wildman–Crippen MR) is 86.4 cm³/mol. The smallest absolute Gasteiger partial charge is 0.433 e. The molecule has 0 aromatic carbocycles. The summed E-state index contributed by atoms with van der Waals surface area (Å²) >= 11 is 44.8. The summed E-state index contributed by atoms with van der Waals surface area (Å²) in [5, 5.41) is -1.33. The van der Waals surface area contributed by atoms with Gasteiger partial charge in [-0.3, -0.25) is 0 Å². The molecule has 0 heterocycles. The van der Waals surface area contributed by atoms with Gasteiger partial charge in [-0.2, -0.15) is 0 Å². The Bertz CT molecular complexity index is 273. The van der Waals surface area contributed by atoms with Crippen molar-refractivity contribution in [3.63, 3.8) is 0 Å². The maximum atomic E-state index is 11.2. The minimum Gasteiger partial charge on any atom is -0.433 e. The van der Waals surface area contributed by atoms with Gasteiger partial charge in [0.1, 0.15) is 13.2 Å². The fraction of sp³-hybridized carbons (Fsp3) is 0.889. The summed E-state index contributed by atoms with van der Waals surface area (Å²) in [5.74, 6) is 0. The topological polar surface area (TPSA) is 35.5 Å². The SMILES string of the molecule is O=C(OCC(Cl)CC(Cl)(Cl)Cl)OCC(Cl)CC(Cl)(Cl)Cl. The zero-order valence-electron chi connectivity index (χ0n) is 9.73. The number of carbonyl (C=O) groups excluding carboxylic acids is 1. The summed E-state index contributed by atoms with van der Waals surface area (Å²) in [6.07, 6.45) is -0.939. The number of rotatable bonds is 6. The predicted octanol–water partition coefficient (Wildman–Crippen LogP) is 5.88. The van der Waals surface area contributed by atoms with Crippen molar-refractivity contribution in [2.75, 3.05) is 13.2 Å². The van der Waals surface area contributed by atoms with Gasteiger partial charge in [0, 0.05) is 12.8 Å². The van der Waals surface area contributed by atoms with E-state index in [9.17, 15) is 4.79 Å². The number of carbonyl (C=O) groups is 1. The Kier molecular flexibility index (Phi) is 10.4. The molecule has 0 saturated carbocycles. The molecule has 0 N–H and O–H groups in total. The van der Waals surface area contributed by atoms with Crippen LogP contribution >= 0.6 is 92.8 Å². The first-order valence-corrected chi connectivity index (χ1v) is 8.24. The number of alkyl halides is 8. The van der Waals surface area contributed by atoms with E-state index >= 15 is 0 Å². The summed E-state index contributed by atoms with van der Waals surface area (Å²) in [7, 11) is 0. The zero-order chi connectivity index (χ0) is 16.0. The van der Waals surface area contributed by atoms with Crippen LogP contribution in [0.2, 0.25) is 0 Å². The van der Waals surface area contributed by atoms with Crippen LogP contribution in [0.25, 0.3) is 0 Å². The molecule has 0 radical (unpaired) electrons. The largest absolute Gasteiger partial charge is 0.508 e. The zero-order valence-corrected chi connectivity index (χ0v) is 15.8. The second-order valence-electron chi connectivity index (χ2n) is 3.71. The van der Waals surface area contributed by atoms with Crippen molar-refractivity contribution < 1.29 is 14.3 Å². The van der Waals surface area contributed by atoms with Gasteiger partial charge in [0.15, 0.2) is 7.59 Å². The molecule has 0 aliphatic heterocycles. The van der Waals surface area contributed by atoms with Crippen molar-refractivity contribution in [1.82, 2.24) is 0 Å². The molecule has 0 aliphatic rings. The van der Waals surface area contributed by atoms with Crippen LogP contribution in [0.3, 0.4) is 0 Å². The molecule has 0 rings (SSSR count). The van der Waals surface area contributed by atoms with Crippen LogP contribution in [0.1, 0.15) is 12.8 Å². The highest BCUT2D eigenvalue weighted by Crippen LogP contribution is 2.33. The van der Waals surface area contributed by atoms with Gasteiger partial charge in [0.25, 0.3) is 0 Å². The van der Waals surface area contributed by atoms with Gasteiger partial charge in [-0.25, -0.2) is 4.79 Å². The van der Waals surface area contributed by atoms with Crippen molar-refractivity contribution in [3.8, 4) is 0 Å². The second kappa shape index (κ2) is 9.67. The Balaban J connectivity index is 3.84. The Morgan fingerprint density at radius 1 is 0.800 bits per heavy atom. The van der Waals surface area contributed by atoms with Gasteiger partial charge in [-0.1, -0.05) is 69.6 Å². The van der Waals surface area contributed by atoms with E-state index in [0.29, 0.717) is 0 Å². The lowest BCUT2D eigenvalue weighted by Crippen LogP contribution is -2.23. The molecular weight excluding hydrogens is 440 g/mol. The quantitative estimate of drug-likeness (QED) is 0.375. The van der Waals surface area contributed by atoms with Crippen LogP contribution in [0.4, 0.5) is 4.79 Å². The Morgan fingerprint density at radius 3 is 1.35 bits per heavy atom. The number of ether oxygens (including phenoxy) is 2. The van der Waals surface area contributed by atoms with Gasteiger partial charge in [0.05, 0.1) is 10.8 Å². The molecule has 0 amide bonds. The molecular formula is C9H10Cl8O3. The van der Waals surface area contributed by atoms with E-state index in [4.69, 9.17) is 102 Å². The minimum atomic E-state index is -1.52. The Morgan fingerprint density at radius 2 is 1.10 bits per heavy atom. The van der Waals surface area contributed by atoms with Crippen LogP contribution < -0.4 is 0 Å². The average molecular weight is 450 g/mol. The molecule has 11 heteroatoms. The highest BCUT2D eigenvalue weighted by atomic mass is 35.6. The number of halogens is 8. The molecule has 0 bridgehead atoms. The van der Waals surface area contributed by atoms with E-state index in [0.717, 1.165) is 0 Å². The summed E-state index contributed by atoms with van der Waals surface area (Å²) in [5.41, 5.74) is 0. The summed E-state index contributed by atoms with van der Waals surface area (Å²) in [6, 6.07) is 0. The van der Waals surface area contributed by atoms with Crippen molar-refractivity contribution in [1.29, 1.82) is 0 Å². The van der Waals surface area contributed by atoms with Crippen molar-refractivity contribution >= 4 is 99.0 Å². The van der Waals surface area contributed by atoms with Crippen LogP contribution in [0, 0.1) is 0 Å². The van der Waals surface area contributed by atoms with Crippen LogP contribution in [0.15, 0.2) is 0 Å². The van der Waals surface area contributed by atoms with Crippen LogP contribution in [-0.2, 0) is 9.47 Å². The lowest BCUT2D eigenvalue weighted by molar-refractivity contribution is 0.0545. The average Bonchev–Trinajstić information content (AvgIpc) is 2.18. The van der Waals surface area contributed by atoms with Crippen LogP contribution in [-0.4, -0.2) is 37.7 Å². The van der Waals surface area contributed by atoms with Crippen molar-refractivity contribution in [3.05, 3.63) is 0 Å². The second-order valence-corrected chi connectivity index (χ2v) is 9.97. The van der Waals surface area contributed by atoms with Gasteiger partial charge >= 0.3 is 6.16 Å². The van der Waals surface area contributed by atoms with Gasteiger partial charge in [-0.05, 0) is 0 Å². The third-order valence-corrected chi connectivity index (χ3v) is 3.16. The third-order valence-electron chi connectivity index (χ3n) is 1.67. The van der Waals surface area contributed by atoms with Crippen molar-refractivity contribution in [2.24, 2.45) is 0 Å². The highest BCUT2D eigenvalue weighted by Gasteiger charge is 2.27. The minimum absolute atomic E-state index is 0.0118. The monoisotopic (exact) mass is 446 g/mol. The molecule has 2 unspecified atom stereocenters. The Labute approximate surface area is 156 Å². The summed E-state index contributed by atoms with van der Waals surface area (Å²) < 4.78 is 6.36. The van der Waals surface area contributed by atoms with Gasteiger partial charge in [-0.15, -0.1) is 23.2 Å². The standard InChI is InChI=1S/C9H10Cl8O3/c10-5(1-8(12,13)14)3-19-7(18)20-4-6(11)2-9(15,16)17/h5-6H,1-4H2. The molecule has 2 atom stereocenters. The Hall–Kier alpha value is 1.59. The van der Waals surface area contributed by atoms with E-state index in [1.165, 1.54) is 0 Å². The van der Waals surface area contributed by atoms with Gasteiger partial charge in [0.2, 0.25) is 0 Å². The maximum Gasteiger partial charge on any atom is 0.508 e. The summed E-state index contributed by atoms with van der Waals surface area (Å²) in [6.45, 7) is -0.350. The molecule has 3 nitrogen and oxygen atoms in total. The van der Waals surface area contributed by atoms with E-state index in [1.807, 2.05) is 0 Å². The molecule has 0 aliphatic carbocycles. The molecule has 0 saturated heterocycles. The van der Waals surface area contributed by atoms with E-state index in [1.54, 1.807) is 0 Å². The van der Waals surface area contributed by atoms with Crippen molar-refractivity contribution in [2.45, 2.75) is 31.2 Å². The fourth-order valence-electron chi connectivity index (χ4n) is 0.979.